The summed E-state index contributed by atoms with van der Waals surface area (Å²) in [6, 6.07) is 0. The molecule has 0 amide bonds. The largest absolute Gasteiger partial charge is 0.383 e. The first kappa shape index (κ1) is 13.1. The van der Waals surface area contributed by atoms with Crippen LogP contribution in [-0.2, 0) is 6.42 Å². The Balaban J connectivity index is 2.12. The molecule has 0 saturated heterocycles. The summed E-state index contributed by atoms with van der Waals surface area (Å²) >= 11 is 0. The number of nitrogens with two attached hydrogens (primary N) is 1. The number of aromatic nitrogens is 2. The van der Waals surface area contributed by atoms with Gasteiger partial charge in [-0.25, -0.2) is 9.97 Å². The van der Waals surface area contributed by atoms with E-state index >= 15 is 0 Å². The van der Waals surface area contributed by atoms with E-state index in [-0.39, 0.29) is 0 Å². The van der Waals surface area contributed by atoms with Gasteiger partial charge in [-0.15, -0.1) is 0 Å². The molecule has 2 rings (SSSR count). The van der Waals surface area contributed by atoms with Crippen molar-refractivity contribution < 1.29 is 0 Å². The molecule has 4 heteroatoms. The van der Waals surface area contributed by atoms with E-state index in [2.05, 4.69) is 28.8 Å². The highest BCUT2D eigenvalue weighted by Crippen LogP contribution is 2.28. The Kier molecular flexibility index (Phi) is 4.39. The molecule has 1 aliphatic carbocycles. The molecule has 1 aliphatic rings. The zero-order valence-corrected chi connectivity index (χ0v) is 11.5. The molecule has 0 atom stereocenters. The molecule has 4 nitrogen and oxygen atoms in total. The Labute approximate surface area is 110 Å². The quantitative estimate of drug-likeness (QED) is 0.870. The van der Waals surface area contributed by atoms with Crippen molar-refractivity contribution in [3.8, 4) is 0 Å². The fraction of sp³-hybridized carbons (Fsp3) is 0.714. The molecule has 1 heterocycles. The summed E-state index contributed by atoms with van der Waals surface area (Å²) in [4.78, 5) is 10.8. The predicted octanol–water partition coefficient (Wildman–Crippen LogP) is 2.64. The Morgan fingerprint density at radius 1 is 1.33 bits per heavy atom. The highest BCUT2D eigenvalue weighted by atomic mass is 15.2. The lowest BCUT2D eigenvalue weighted by atomic mass is 10.1. The lowest BCUT2D eigenvalue weighted by molar-refractivity contribution is 0.544. The molecule has 1 saturated carbocycles. The predicted molar refractivity (Wildman–Crippen MR) is 75.7 cm³/mol. The van der Waals surface area contributed by atoms with Gasteiger partial charge >= 0.3 is 0 Å². The van der Waals surface area contributed by atoms with Crippen molar-refractivity contribution in [2.24, 2.45) is 5.92 Å². The van der Waals surface area contributed by atoms with Gasteiger partial charge in [0.1, 0.15) is 18.0 Å². The van der Waals surface area contributed by atoms with Gasteiger partial charge in [0, 0.05) is 19.2 Å². The summed E-state index contributed by atoms with van der Waals surface area (Å²) in [7, 11) is 2.12. The SMILES string of the molecule is CCCc1c(N)ncnc1N(C)CC1CCCC1. The van der Waals surface area contributed by atoms with Gasteiger partial charge in [0.2, 0.25) is 0 Å². The standard InChI is InChI=1S/C14H24N4/c1-3-6-12-13(15)16-10-17-14(12)18(2)9-11-7-4-5-8-11/h10-11H,3-9H2,1-2H3,(H2,15,16,17). The number of anilines is 2. The fourth-order valence-electron chi connectivity index (χ4n) is 2.90. The van der Waals surface area contributed by atoms with Gasteiger partial charge in [0.25, 0.3) is 0 Å². The van der Waals surface area contributed by atoms with Gasteiger partial charge in [0.15, 0.2) is 0 Å². The van der Waals surface area contributed by atoms with E-state index in [1.807, 2.05) is 0 Å². The molecule has 0 unspecified atom stereocenters. The molecule has 0 spiro atoms. The van der Waals surface area contributed by atoms with Crippen molar-refractivity contribution in [1.82, 2.24) is 9.97 Å². The van der Waals surface area contributed by atoms with Crippen molar-refractivity contribution in [3.63, 3.8) is 0 Å². The van der Waals surface area contributed by atoms with E-state index in [1.54, 1.807) is 6.33 Å². The molecule has 18 heavy (non-hydrogen) atoms. The molecule has 0 radical (unpaired) electrons. The van der Waals surface area contributed by atoms with Crippen molar-refractivity contribution in [2.75, 3.05) is 24.2 Å². The average Bonchev–Trinajstić information content (AvgIpc) is 2.84. The third-order valence-electron chi connectivity index (χ3n) is 3.82. The van der Waals surface area contributed by atoms with Crippen LogP contribution in [0.5, 0.6) is 0 Å². The van der Waals surface area contributed by atoms with Crippen LogP contribution in [0.25, 0.3) is 0 Å². The molecule has 100 valence electrons. The molecular formula is C14H24N4. The Hall–Kier alpha value is -1.32. The summed E-state index contributed by atoms with van der Waals surface area (Å²) in [5.41, 5.74) is 7.09. The van der Waals surface area contributed by atoms with Gasteiger partial charge in [-0.05, 0) is 25.2 Å². The number of nitrogens with zero attached hydrogens (tertiary/aromatic N) is 3. The minimum absolute atomic E-state index is 0.639. The van der Waals surface area contributed by atoms with Crippen LogP contribution < -0.4 is 10.6 Å². The van der Waals surface area contributed by atoms with Crippen molar-refractivity contribution in [3.05, 3.63) is 11.9 Å². The Morgan fingerprint density at radius 2 is 2.06 bits per heavy atom. The van der Waals surface area contributed by atoms with Gasteiger partial charge in [-0.2, -0.15) is 0 Å². The second-order valence-corrected chi connectivity index (χ2v) is 5.34. The van der Waals surface area contributed by atoms with Gasteiger partial charge < -0.3 is 10.6 Å². The molecule has 0 bridgehead atoms. The monoisotopic (exact) mass is 248 g/mol. The third kappa shape index (κ3) is 2.92. The molecular weight excluding hydrogens is 224 g/mol. The first-order valence-corrected chi connectivity index (χ1v) is 7.02. The second kappa shape index (κ2) is 6.03. The first-order chi connectivity index (χ1) is 8.72. The maximum absolute atomic E-state index is 5.98. The van der Waals surface area contributed by atoms with Gasteiger partial charge in [0.05, 0.1) is 0 Å². The van der Waals surface area contributed by atoms with Crippen LogP contribution in [0, 0.1) is 5.92 Å². The smallest absolute Gasteiger partial charge is 0.137 e. The highest BCUT2D eigenvalue weighted by Gasteiger charge is 2.19. The van der Waals surface area contributed by atoms with Crippen LogP contribution in [0.1, 0.15) is 44.6 Å². The van der Waals surface area contributed by atoms with Crippen LogP contribution in [-0.4, -0.2) is 23.6 Å². The van der Waals surface area contributed by atoms with E-state index in [0.29, 0.717) is 5.82 Å². The zero-order chi connectivity index (χ0) is 13.0. The van der Waals surface area contributed by atoms with Crippen LogP contribution in [0.4, 0.5) is 11.6 Å². The first-order valence-electron chi connectivity index (χ1n) is 7.02. The van der Waals surface area contributed by atoms with Gasteiger partial charge in [-0.3, -0.25) is 0 Å². The van der Waals surface area contributed by atoms with Crippen molar-refractivity contribution in [1.29, 1.82) is 0 Å². The number of hydrogen-bond acceptors (Lipinski definition) is 4. The van der Waals surface area contributed by atoms with E-state index in [0.717, 1.165) is 36.7 Å². The fourth-order valence-corrected chi connectivity index (χ4v) is 2.90. The van der Waals surface area contributed by atoms with Crippen LogP contribution >= 0.6 is 0 Å². The summed E-state index contributed by atoms with van der Waals surface area (Å²) in [5, 5.41) is 0. The van der Waals surface area contributed by atoms with E-state index in [1.165, 1.54) is 25.7 Å². The Morgan fingerprint density at radius 3 is 2.72 bits per heavy atom. The van der Waals surface area contributed by atoms with E-state index < -0.39 is 0 Å². The highest BCUT2D eigenvalue weighted by molar-refractivity contribution is 5.56. The summed E-state index contributed by atoms with van der Waals surface area (Å²) in [5.74, 6) is 2.48. The minimum atomic E-state index is 0.639. The molecule has 0 aromatic carbocycles. The zero-order valence-electron chi connectivity index (χ0n) is 11.5. The number of hydrogen-bond donors (Lipinski definition) is 1. The van der Waals surface area contributed by atoms with Crippen LogP contribution in [0.3, 0.4) is 0 Å². The van der Waals surface area contributed by atoms with Crippen molar-refractivity contribution >= 4 is 11.6 Å². The summed E-state index contributed by atoms with van der Waals surface area (Å²) < 4.78 is 0. The minimum Gasteiger partial charge on any atom is -0.383 e. The van der Waals surface area contributed by atoms with Gasteiger partial charge in [-0.1, -0.05) is 26.2 Å². The lowest BCUT2D eigenvalue weighted by Crippen LogP contribution is -2.26. The number of rotatable bonds is 5. The van der Waals surface area contributed by atoms with Crippen LogP contribution in [0.15, 0.2) is 6.33 Å². The summed E-state index contributed by atoms with van der Waals surface area (Å²) in [6.07, 6.45) is 9.08. The molecule has 0 aliphatic heterocycles. The summed E-state index contributed by atoms with van der Waals surface area (Å²) in [6.45, 7) is 3.25. The average molecular weight is 248 g/mol. The lowest BCUT2D eigenvalue weighted by Gasteiger charge is -2.24. The second-order valence-electron chi connectivity index (χ2n) is 5.34. The maximum atomic E-state index is 5.98. The molecule has 1 fully saturated rings. The van der Waals surface area contributed by atoms with Crippen LogP contribution in [0.2, 0.25) is 0 Å². The molecule has 2 N–H and O–H groups in total. The molecule has 1 aromatic rings. The van der Waals surface area contributed by atoms with E-state index in [9.17, 15) is 0 Å². The normalized spacial score (nSPS) is 16.1. The molecule has 1 aromatic heterocycles. The third-order valence-corrected chi connectivity index (χ3v) is 3.82. The number of nitrogen functional groups attached to an aromatic ring is 1. The van der Waals surface area contributed by atoms with E-state index in [4.69, 9.17) is 5.73 Å². The maximum Gasteiger partial charge on any atom is 0.137 e. The topological polar surface area (TPSA) is 55.0 Å². The van der Waals surface area contributed by atoms with Crippen molar-refractivity contribution in [2.45, 2.75) is 45.4 Å². The Bertz CT molecular complexity index is 385.